The molecule has 0 unspecified atom stereocenters. The van der Waals surface area contributed by atoms with Crippen molar-refractivity contribution in [3.05, 3.63) is 0 Å². The Labute approximate surface area is 60.6 Å². The Balaban J connectivity index is 2.31. The van der Waals surface area contributed by atoms with Crippen LogP contribution in [0.5, 0.6) is 0 Å². The lowest BCUT2D eigenvalue weighted by molar-refractivity contribution is -0.193. The van der Waals surface area contributed by atoms with Gasteiger partial charge in [0.05, 0.1) is 6.10 Å². The second-order valence-electron chi connectivity index (χ2n) is 2.92. The van der Waals surface area contributed by atoms with Gasteiger partial charge in [-0.15, -0.1) is 0 Å². The molecule has 1 saturated carbocycles. The summed E-state index contributed by atoms with van der Waals surface area (Å²) in [7, 11) is 1.66. The van der Waals surface area contributed by atoms with Crippen LogP contribution in [0.1, 0.15) is 25.7 Å². The molecule has 2 N–H and O–H groups in total. The van der Waals surface area contributed by atoms with Crippen LogP contribution in [0.2, 0.25) is 0 Å². The van der Waals surface area contributed by atoms with Crippen molar-refractivity contribution in [3.63, 3.8) is 0 Å². The van der Waals surface area contributed by atoms with Gasteiger partial charge in [-0.05, 0) is 12.8 Å². The van der Waals surface area contributed by atoms with Crippen molar-refractivity contribution in [1.82, 2.24) is 0 Å². The van der Waals surface area contributed by atoms with Crippen LogP contribution in [0.4, 0.5) is 0 Å². The van der Waals surface area contributed by atoms with Crippen molar-refractivity contribution in [2.75, 3.05) is 7.11 Å². The number of hydrogen-bond acceptors (Lipinski definition) is 3. The molecule has 0 radical (unpaired) electrons. The van der Waals surface area contributed by atoms with Gasteiger partial charge in [-0.1, -0.05) is 0 Å². The summed E-state index contributed by atoms with van der Waals surface area (Å²) >= 11 is 0. The van der Waals surface area contributed by atoms with Crippen LogP contribution < -0.4 is 0 Å². The summed E-state index contributed by atoms with van der Waals surface area (Å²) in [5.41, 5.74) is 0. The highest BCUT2D eigenvalue weighted by Gasteiger charge is 2.30. The van der Waals surface area contributed by atoms with Gasteiger partial charge < -0.3 is 14.9 Å². The highest BCUT2D eigenvalue weighted by atomic mass is 16.5. The van der Waals surface area contributed by atoms with Crippen LogP contribution in [0.15, 0.2) is 0 Å². The average molecular weight is 146 g/mol. The fraction of sp³-hybridized carbons (Fsp3) is 1.00. The Morgan fingerprint density at radius 1 is 1.30 bits per heavy atom. The van der Waals surface area contributed by atoms with E-state index in [1.165, 1.54) is 0 Å². The third kappa shape index (κ3) is 1.94. The molecule has 3 heteroatoms. The lowest BCUT2D eigenvalue weighted by Gasteiger charge is -2.30. The standard InChI is InChI=1S/C7H14O3/c1-10-6-2-4-7(8,9)5-3-6/h6,8-9H,2-5H2,1H3. The van der Waals surface area contributed by atoms with Gasteiger partial charge in [0, 0.05) is 20.0 Å². The molecular formula is C7H14O3. The first-order chi connectivity index (χ1) is 4.64. The van der Waals surface area contributed by atoms with Crippen LogP contribution in [0.25, 0.3) is 0 Å². The quantitative estimate of drug-likeness (QED) is 0.521. The lowest BCUT2D eigenvalue weighted by atomic mass is 9.92. The van der Waals surface area contributed by atoms with Crippen molar-refractivity contribution in [1.29, 1.82) is 0 Å². The monoisotopic (exact) mass is 146 g/mol. The SMILES string of the molecule is COC1CCC(O)(O)CC1. The van der Waals surface area contributed by atoms with Crippen LogP contribution in [0.3, 0.4) is 0 Å². The molecule has 0 aromatic heterocycles. The molecule has 0 heterocycles. The molecule has 1 aliphatic rings. The molecule has 1 rings (SSSR count). The molecule has 10 heavy (non-hydrogen) atoms. The molecule has 0 atom stereocenters. The maximum Gasteiger partial charge on any atom is 0.162 e. The molecule has 0 bridgehead atoms. The average Bonchev–Trinajstić information content (AvgIpc) is 1.88. The summed E-state index contributed by atoms with van der Waals surface area (Å²) in [6, 6.07) is 0. The first-order valence-electron chi connectivity index (χ1n) is 3.61. The van der Waals surface area contributed by atoms with E-state index in [0.717, 1.165) is 12.8 Å². The van der Waals surface area contributed by atoms with Crippen LogP contribution in [0, 0.1) is 0 Å². The van der Waals surface area contributed by atoms with Gasteiger partial charge >= 0.3 is 0 Å². The van der Waals surface area contributed by atoms with E-state index in [2.05, 4.69) is 0 Å². The topological polar surface area (TPSA) is 49.7 Å². The van der Waals surface area contributed by atoms with Crippen molar-refractivity contribution < 1.29 is 14.9 Å². The van der Waals surface area contributed by atoms with E-state index in [-0.39, 0.29) is 6.10 Å². The molecule has 0 aromatic rings. The Morgan fingerprint density at radius 2 is 1.80 bits per heavy atom. The zero-order chi connectivity index (χ0) is 7.61. The van der Waals surface area contributed by atoms with Gasteiger partial charge in [0.15, 0.2) is 5.79 Å². The van der Waals surface area contributed by atoms with Crippen molar-refractivity contribution in [2.24, 2.45) is 0 Å². The molecular weight excluding hydrogens is 132 g/mol. The Kier molecular flexibility index (Phi) is 2.28. The van der Waals surface area contributed by atoms with E-state index in [9.17, 15) is 0 Å². The van der Waals surface area contributed by atoms with Crippen molar-refractivity contribution >= 4 is 0 Å². The maximum atomic E-state index is 9.09. The zero-order valence-corrected chi connectivity index (χ0v) is 6.21. The fourth-order valence-electron chi connectivity index (χ4n) is 1.29. The molecule has 0 saturated heterocycles. The lowest BCUT2D eigenvalue weighted by Crippen LogP contribution is -2.35. The fourth-order valence-corrected chi connectivity index (χ4v) is 1.29. The van der Waals surface area contributed by atoms with Crippen LogP contribution in [-0.4, -0.2) is 29.2 Å². The van der Waals surface area contributed by atoms with E-state index in [1.807, 2.05) is 0 Å². The molecule has 1 fully saturated rings. The molecule has 0 aliphatic heterocycles. The zero-order valence-electron chi connectivity index (χ0n) is 6.21. The predicted octanol–water partition coefficient (Wildman–Crippen LogP) is 0.256. The summed E-state index contributed by atoms with van der Waals surface area (Å²) in [5.74, 6) is -1.42. The molecule has 60 valence electrons. The Morgan fingerprint density at radius 3 is 2.20 bits per heavy atom. The minimum atomic E-state index is -1.42. The van der Waals surface area contributed by atoms with E-state index < -0.39 is 5.79 Å². The third-order valence-electron chi connectivity index (χ3n) is 2.07. The van der Waals surface area contributed by atoms with Gasteiger partial charge in [0.1, 0.15) is 0 Å². The maximum absolute atomic E-state index is 9.09. The molecule has 0 aromatic carbocycles. The highest BCUT2D eigenvalue weighted by Crippen LogP contribution is 2.26. The highest BCUT2D eigenvalue weighted by molar-refractivity contribution is 4.76. The number of hydrogen-bond donors (Lipinski definition) is 2. The minimum Gasteiger partial charge on any atom is -0.381 e. The van der Waals surface area contributed by atoms with Gasteiger partial charge in [-0.25, -0.2) is 0 Å². The van der Waals surface area contributed by atoms with Crippen molar-refractivity contribution in [2.45, 2.75) is 37.6 Å². The van der Waals surface area contributed by atoms with Gasteiger partial charge in [-0.2, -0.15) is 0 Å². The summed E-state index contributed by atoms with van der Waals surface area (Å²) in [4.78, 5) is 0. The van der Waals surface area contributed by atoms with E-state index in [0.29, 0.717) is 12.8 Å². The Bertz CT molecular complexity index is 101. The summed E-state index contributed by atoms with van der Waals surface area (Å²) in [5, 5.41) is 18.2. The second kappa shape index (κ2) is 2.86. The minimum absolute atomic E-state index is 0.229. The van der Waals surface area contributed by atoms with E-state index in [4.69, 9.17) is 14.9 Å². The van der Waals surface area contributed by atoms with Crippen LogP contribution >= 0.6 is 0 Å². The smallest absolute Gasteiger partial charge is 0.162 e. The van der Waals surface area contributed by atoms with Gasteiger partial charge in [0.25, 0.3) is 0 Å². The van der Waals surface area contributed by atoms with Crippen molar-refractivity contribution in [3.8, 4) is 0 Å². The predicted molar refractivity (Wildman–Crippen MR) is 36.4 cm³/mol. The van der Waals surface area contributed by atoms with Gasteiger partial charge in [0.2, 0.25) is 0 Å². The molecule has 0 spiro atoms. The largest absolute Gasteiger partial charge is 0.381 e. The first-order valence-corrected chi connectivity index (χ1v) is 3.61. The van der Waals surface area contributed by atoms with Crippen LogP contribution in [-0.2, 0) is 4.74 Å². The third-order valence-corrected chi connectivity index (χ3v) is 2.07. The number of aliphatic hydroxyl groups is 2. The second-order valence-corrected chi connectivity index (χ2v) is 2.92. The van der Waals surface area contributed by atoms with Gasteiger partial charge in [-0.3, -0.25) is 0 Å². The van der Waals surface area contributed by atoms with E-state index in [1.54, 1.807) is 7.11 Å². The summed E-state index contributed by atoms with van der Waals surface area (Å²) in [6.45, 7) is 0. The molecule has 1 aliphatic carbocycles. The summed E-state index contributed by atoms with van der Waals surface area (Å²) < 4.78 is 5.06. The molecule has 0 amide bonds. The number of ether oxygens (including phenoxy) is 1. The summed E-state index contributed by atoms with van der Waals surface area (Å²) in [6.07, 6.45) is 2.61. The Hall–Kier alpha value is -0.120. The number of methoxy groups -OCH3 is 1. The first kappa shape index (κ1) is 7.98. The molecule has 3 nitrogen and oxygen atoms in total. The van der Waals surface area contributed by atoms with E-state index >= 15 is 0 Å². The number of rotatable bonds is 1. The normalized spacial score (nSPS) is 26.7.